The summed E-state index contributed by atoms with van der Waals surface area (Å²) in [5, 5.41) is 5.81. The maximum Gasteiger partial charge on any atom is 0.244 e. The highest BCUT2D eigenvalue weighted by molar-refractivity contribution is 7.15. The lowest BCUT2D eigenvalue weighted by Gasteiger charge is -1.99. The minimum absolute atomic E-state index is 0.103. The Balaban J connectivity index is 1.62. The Hall–Kier alpha value is -2.31. The van der Waals surface area contributed by atoms with Crippen molar-refractivity contribution in [3.63, 3.8) is 0 Å². The van der Waals surface area contributed by atoms with Gasteiger partial charge in [0, 0.05) is 33.8 Å². The van der Waals surface area contributed by atoms with Crippen LogP contribution in [-0.4, -0.2) is 15.9 Å². The molecule has 3 heterocycles. The second-order valence-corrected chi connectivity index (χ2v) is 6.90. The van der Waals surface area contributed by atoms with E-state index in [1.165, 1.54) is 0 Å². The lowest BCUT2D eigenvalue weighted by molar-refractivity contribution is -0.116. The molecule has 3 rings (SSSR count). The summed E-state index contributed by atoms with van der Waals surface area (Å²) >= 11 is 3.18. The number of nitrogens with one attached hydrogen (secondary N) is 1. The molecular formula is C17H15N3OS2. The Morgan fingerprint density at radius 2 is 2.26 bits per heavy atom. The molecule has 0 aliphatic heterocycles. The fraction of sp³-hybridized carbons (Fsp3) is 0.118. The number of aryl methyl sites for hydroxylation is 1. The van der Waals surface area contributed by atoms with Crippen LogP contribution in [0.1, 0.15) is 15.4 Å². The molecular weight excluding hydrogens is 326 g/mol. The first-order valence-corrected chi connectivity index (χ1v) is 8.78. The minimum atomic E-state index is -0.103. The number of carbonyl (C=O) groups excluding carboxylic acids is 1. The van der Waals surface area contributed by atoms with Gasteiger partial charge in [0.05, 0.1) is 12.2 Å². The molecule has 116 valence electrons. The number of thiazole rings is 1. The highest BCUT2D eigenvalue weighted by Crippen LogP contribution is 2.27. The van der Waals surface area contributed by atoms with Gasteiger partial charge in [0.2, 0.25) is 5.91 Å². The van der Waals surface area contributed by atoms with Crippen molar-refractivity contribution in [3.8, 4) is 10.6 Å². The standard InChI is InChI=1S/C17H15N3OS2/c1-12-15(23-17(20-12)13-4-2-8-18-10-13)11-19-16(21)7-6-14-5-3-9-22-14/h2-10H,11H2,1H3,(H,19,21)/b7-6+. The summed E-state index contributed by atoms with van der Waals surface area (Å²) in [6.07, 6.45) is 6.92. The third-order valence-electron chi connectivity index (χ3n) is 3.17. The predicted octanol–water partition coefficient (Wildman–Crippen LogP) is 3.90. The average molecular weight is 341 g/mol. The third-order valence-corrected chi connectivity index (χ3v) is 5.21. The van der Waals surface area contributed by atoms with Crippen molar-refractivity contribution in [2.24, 2.45) is 0 Å². The van der Waals surface area contributed by atoms with Crippen LogP contribution in [0, 0.1) is 6.92 Å². The van der Waals surface area contributed by atoms with Crippen molar-refractivity contribution in [2.75, 3.05) is 0 Å². The van der Waals surface area contributed by atoms with Gasteiger partial charge in [-0.05, 0) is 36.6 Å². The number of hydrogen-bond donors (Lipinski definition) is 1. The van der Waals surface area contributed by atoms with E-state index < -0.39 is 0 Å². The van der Waals surface area contributed by atoms with E-state index in [0.29, 0.717) is 6.54 Å². The molecule has 1 amide bonds. The lowest BCUT2D eigenvalue weighted by Crippen LogP contribution is -2.19. The van der Waals surface area contributed by atoms with Gasteiger partial charge in [-0.2, -0.15) is 0 Å². The lowest BCUT2D eigenvalue weighted by atomic mass is 10.3. The van der Waals surface area contributed by atoms with Crippen molar-refractivity contribution >= 4 is 34.7 Å². The maximum atomic E-state index is 11.9. The molecule has 0 aliphatic carbocycles. The van der Waals surface area contributed by atoms with E-state index >= 15 is 0 Å². The molecule has 1 N–H and O–H groups in total. The second kappa shape index (κ2) is 7.30. The van der Waals surface area contributed by atoms with Crippen LogP contribution in [-0.2, 0) is 11.3 Å². The van der Waals surface area contributed by atoms with Gasteiger partial charge >= 0.3 is 0 Å². The highest BCUT2D eigenvalue weighted by Gasteiger charge is 2.10. The Morgan fingerprint density at radius 3 is 3.00 bits per heavy atom. The summed E-state index contributed by atoms with van der Waals surface area (Å²) in [7, 11) is 0. The van der Waals surface area contributed by atoms with Gasteiger partial charge in [0.15, 0.2) is 0 Å². The van der Waals surface area contributed by atoms with Gasteiger partial charge in [0.25, 0.3) is 0 Å². The number of carbonyl (C=O) groups is 1. The van der Waals surface area contributed by atoms with Crippen LogP contribution in [0.2, 0.25) is 0 Å². The molecule has 0 bridgehead atoms. The zero-order valence-electron chi connectivity index (χ0n) is 12.5. The van der Waals surface area contributed by atoms with Gasteiger partial charge in [-0.3, -0.25) is 9.78 Å². The Labute approximate surface area is 142 Å². The van der Waals surface area contributed by atoms with E-state index in [0.717, 1.165) is 26.0 Å². The molecule has 23 heavy (non-hydrogen) atoms. The number of aromatic nitrogens is 2. The van der Waals surface area contributed by atoms with Gasteiger partial charge in [-0.15, -0.1) is 22.7 Å². The van der Waals surface area contributed by atoms with Crippen molar-refractivity contribution in [3.05, 3.63) is 63.6 Å². The third kappa shape index (κ3) is 4.12. The smallest absolute Gasteiger partial charge is 0.244 e. The van der Waals surface area contributed by atoms with E-state index in [1.54, 1.807) is 41.1 Å². The van der Waals surface area contributed by atoms with Gasteiger partial charge in [-0.1, -0.05) is 6.07 Å². The topological polar surface area (TPSA) is 54.9 Å². The summed E-state index contributed by atoms with van der Waals surface area (Å²) in [5.74, 6) is -0.103. The van der Waals surface area contributed by atoms with Gasteiger partial charge in [0.1, 0.15) is 5.01 Å². The molecule has 0 fully saturated rings. The molecule has 0 aliphatic rings. The normalized spacial score (nSPS) is 11.0. The first kappa shape index (κ1) is 15.6. The van der Waals surface area contributed by atoms with E-state index in [2.05, 4.69) is 15.3 Å². The summed E-state index contributed by atoms with van der Waals surface area (Å²) in [6, 6.07) is 7.81. The first-order chi connectivity index (χ1) is 11.2. The number of rotatable bonds is 5. The van der Waals surface area contributed by atoms with Gasteiger partial charge in [-0.25, -0.2) is 4.98 Å². The monoisotopic (exact) mass is 341 g/mol. The van der Waals surface area contributed by atoms with Crippen molar-refractivity contribution in [2.45, 2.75) is 13.5 Å². The molecule has 3 aromatic heterocycles. The molecule has 0 radical (unpaired) electrons. The molecule has 6 heteroatoms. The van der Waals surface area contributed by atoms with E-state index in [4.69, 9.17) is 0 Å². The first-order valence-electron chi connectivity index (χ1n) is 7.08. The summed E-state index contributed by atoms with van der Waals surface area (Å²) in [6.45, 7) is 2.44. The summed E-state index contributed by atoms with van der Waals surface area (Å²) in [4.78, 5) is 22.7. The van der Waals surface area contributed by atoms with Crippen LogP contribution in [0.5, 0.6) is 0 Å². The second-order valence-electron chi connectivity index (χ2n) is 4.84. The predicted molar refractivity (Wildman–Crippen MR) is 95.3 cm³/mol. The van der Waals surface area contributed by atoms with E-state index in [-0.39, 0.29) is 5.91 Å². The summed E-state index contributed by atoms with van der Waals surface area (Å²) < 4.78 is 0. The number of thiophene rings is 1. The van der Waals surface area contributed by atoms with Crippen LogP contribution in [0.3, 0.4) is 0 Å². The molecule has 3 aromatic rings. The molecule has 0 aromatic carbocycles. The molecule has 0 unspecified atom stereocenters. The Kier molecular flexibility index (Phi) is 4.95. The molecule has 0 spiro atoms. The average Bonchev–Trinajstić information content (AvgIpc) is 3.21. The van der Waals surface area contributed by atoms with E-state index in [1.807, 2.05) is 42.6 Å². The SMILES string of the molecule is Cc1nc(-c2cccnc2)sc1CNC(=O)/C=C/c1cccs1. The number of amides is 1. The maximum absolute atomic E-state index is 11.9. The minimum Gasteiger partial charge on any atom is -0.348 e. The fourth-order valence-electron chi connectivity index (χ4n) is 1.98. The van der Waals surface area contributed by atoms with Gasteiger partial charge < -0.3 is 5.32 Å². The Bertz CT molecular complexity index is 808. The number of pyridine rings is 1. The fourth-order valence-corrected chi connectivity index (χ4v) is 3.59. The molecule has 4 nitrogen and oxygen atoms in total. The largest absolute Gasteiger partial charge is 0.348 e. The van der Waals surface area contributed by atoms with Crippen molar-refractivity contribution in [1.82, 2.24) is 15.3 Å². The zero-order valence-corrected chi connectivity index (χ0v) is 14.2. The summed E-state index contributed by atoms with van der Waals surface area (Å²) in [5.41, 5.74) is 1.94. The van der Waals surface area contributed by atoms with Crippen molar-refractivity contribution < 1.29 is 4.79 Å². The quantitative estimate of drug-likeness (QED) is 0.716. The van der Waals surface area contributed by atoms with Crippen LogP contribution < -0.4 is 5.32 Å². The molecule has 0 saturated carbocycles. The number of nitrogens with zero attached hydrogens (tertiary/aromatic N) is 2. The number of hydrogen-bond acceptors (Lipinski definition) is 5. The van der Waals surface area contributed by atoms with Crippen LogP contribution in [0.15, 0.2) is 48.1 Å². The molecule has 0 atom stereocenters. The zero-order chi connectivity index (χ0) is 16.1. The van der Waals surface area contributed by atoms with Crippen LogP contribution >= 0.6 is 22.7 Å². The van der Waals surface area contributed by atoms with Crippen molar-refractivity contribution in [1.29, 1.82) is 0 Å². The van der Waals surface area contributed by atoms with Crippen LogP contribution in [0.25, 0.3) is 16.6 Å². The van der Waals surface area contributed by atoms with E-state index in [9.17, 15) is 4.79 Å². The Morgan fingerprint density at radius 1 is 1.35 bits per heavy atom. The molecule has 0 saturated heterocycles. The van der Waals surface area contributed by atoms with Crippen LogP contribution in [0.4, 0.5) is 0 Å². The highest BCUT2D eigenvalue weighted by atomic mass is 32.1.